The van der Waals surface area contributed by atoms with Crippen LogP contribution in [0.5, 0.6) is 23.0 Å². The Kier molecular flexibility index (Phi) is 6.65. The summed E-state index contributed by atoms with van der Waals surface area (Å²) in [5.74, 6) is -0.128. The molecule has 0 saturated carbocycles. The molecule has 0 aliphatic carbocycles. The molecule has 0 unspecified atom stereocenters. The van der Waals surface area contributed by atoms with Gasteiger partial charge in [-0.15, -0.1) is 0 Å². The van der Waals surface area contributed by atoms with Crippen LogP contribution in [0.15, 0.2) is 40.7 Å². The number of nitrogens with one attached hydrogen (secondary N) is 1. The van der Waals surface area contributed by atoms with Gasteiger partial charge in [0.05, 0.1) is 44.8 Å². The van der Waals surface area contributed by atoms with Gasteiger partial charge in [0, 0.05) is 12.1 Å². The summed E-state index contributed by atoms with van der Waals surface area (Å²) in [6, 6.07) is 5.56. The predicted molar refractivity (Wildman–Crippen MR) is 124 cm³/mol. The lowest BCUT2D eigenvalue weighted by atomic mass is 10.1. The predicted octanol–water partition coefficient (Wildman–Crippen LogP) is 2.31. The van der Waals surface area contributed by atoms with E-state index in [1.165, 1.54) is 51.6 Å². The van der Waals surface area contributed by atoms with Crippen LogP contribution in [0.2, 0.25) is 5.02 Å². The zero-order chi connectivity index (χ0) is 25.3. The number of carbonyl (C=O) groups excluding carboxylic acids is 3. The number of hydrogen-bond acceptors (Lipinski definition) is 10. The first-order chi connectivity index (χ1) is 16.8. The number of rotatable bonds is 8. The lowest BCUT2D eigenvalue weighted by Gasteiger charge is -2.21. The van der Waals surface area contributed by atoms with E-state index in [0.717, 1.165) is 4.90 Å². The monoisotopic (exact) mass is 503 g/mol. The molecule has 2 heterocycles. The van der Waals surface area contributed by atoms with E-state index in [4.69, 9.17) is 30.5 Å². The van der Waals surface area contributed by atoms with E-state index in [1.54, 1.807) is 12.1 Å². The summed E-state index contributed by atoms with van der Waals surface area (Å²) >= 11 is 6.16. The highest BCUT2D eigenvalue weighted by Gasteiger charge is 2.55. The van der Waals surface area contributed by atoms with Crippen LogP contribution in [0.4, 0.5) is 11.4 Å². The number of anilines is 2. The highest BCUT2D eigenvalue weighted by molar-refractivity contribution is 6.32. The SMILES string of the molecule is COc1cc(OC)c(NC(=O)CN2N=N[C@H]3C(=O)N(c4ccc(OC)c(OC)c4)C(=O)[C@H]32)cc1Cl. The zero-order valence-electron chi connectivity index (χ0n) is 19.3. The first-order valence-electron chi connectivity index (χ1n) is 10.3. The van der Waals surface area contributed by atoms with Crippen molar-refractivity contribution in [2.45, 2.75) is 12.1 Å². The van der Waals surface area contributed by atoms with Gasteiger partial charge in [-0.1, -0.05) is 16.8 Å². The maximum absolute atomic E-state index is 13.2. The number of halogens is 1. The second-order valence-corrected chi connectivity index (χ2v) is 7.89. The molecule has 2 atom stereocenters. The van der Waals surface area contributed by atoms with Crippen LogP contribution in [-0.4, -0.2) is 69.8 Å². The van der Waals surface area contributed by atoms with Gasteiger partial charge in [0.25, 0.3) is 11.8 Å². The average molecular weight is 504 g/mol. The van der Waals surface area contributed by atoms with Crippen LogP contribution < -0.4 is 29.2 Å². The quantitative estimate of drug-likeness (QED) is 0.543. The van der Waals surface area contributed by atoms with E-state index in [1.807, 2.05) is 0 Å². The van der Waals surface area contributed by atoms with Gasteiger partial charge >= 0.3 is 0 Å². The molecule has 1 fully saturated rings. The molecule has 0 radical (unpaired) electrons. The van der Waals surface area contributed by atoms with Crippen LogP contribution in [0, 0.1) is 0 Å². The van der Waals surface area contributed by atoms with Crippen molar-refractivity contribution in [3.05, 3.63) is 35.4 Å². The molecular weight excluding hydrogens is 482 g/mol. The smallest absolute Gasteiger partial charge is 0.263 e. The van der Waals surface area contributed by atoms with Gasteiger partial charge in [0.2, 0.25) is 5.91 Å². The summed E-state index contributed by atoms with van der Waals surface area (Å²) < 4.78 is 20.9. The van der Waals surface area contributed by atoms with Crippen molar-refractivity contribution >= 4 is 40.7 Å². The number of fused-ring (bicyclic) bond motifs is 1. The fourth-order valence-corrected chi connectivity index (χ4v) is 4.11. The van der Waals surface area contributed by atoms with Crippen LogP contribution in [0.25, 0.3) is 0 Å². The van der Waals surface area contributed by atoms with Crippen molar-refractivity contribution in [1.29, 1.82) is 0 Å². The molecule has 12 nitrogen and oxygen atoms in total. The standard InChI is InChI=1S/C22H22ClN5O7/c1-32-14-6-5-11(7-17(14)35-4)28-21(30)19-20(22(28)31)27(26-25-19)10-18(29)24-13-8-12(23)15(33-2)9-16(13)34-3/h5-9,19-20H,10H2,1-4H3,(H,24,29)/t19-,20+/m1/s1. The minimum atomic E-state index is -1.06. The third kappa shape index (κ3) is 4.28. The summed E-state index contributed by atoms with van der Waals surface area (Å²) in [7, 11) is 5.82. The van der Waals surface area contributed by atoms with E-state index in [0.29, 0.717) is 34.4 Å². The molecule has 2 aromatic carbocycles. The number of carbonyl (C=O) groups is 3. The lowest BCUT2D eigenvalue weighted by Crippen LogP contribution is -2.43. The Labute approximate surface area is 205 Å². The van der Waals surface area contributed by atoms with Crippen LogP contribution in [0.1, 0.15) is 0 Å². The molecule has 1 N–H and O–H groups in total. The Morgan fingerprint density at radius 3 is 2.29 bits per heavy atom. The summed E-state index contributed by atoms with van der Waals surface area (Å²) in [5.41, 5.74) is 0.598. The number of ether oxygens (including phenoxy) is 4. The van der Waals surface area contributed by atoms with Crippen LogP contribution in [0.3, 0.4) is 0 Å². The summed E-state index contributed by atoms with van der Waals surface area (Å²) in [6.07, 6.45) is 0. The van der Waals surface area contributed by atoms with Gasteiger partial charge in [0.1, 0.15) is 18.0 Å². The van der Waals surface area contributed by atoms with Gasteiger partial charge in [-0.25, -0.2) is 4.90 Å². The molecular formula is C22H22ClN5O7. The van der Waals surface area contributed by atoms with Crippen molar-refractivity contribution in [3.8, 4) is 23.0 Å². The number of hydrogen-bond donors (Lipinski definition) is 1. The summed E-state index contributed by atoms with van der Waals surface area (Å²) in [5, 5.41) is 11.9. The highest BCUT2D eigenvalue weighted by atomic mass is 35.5. The lowest BCUT2D eigenvalue weighted by molar-refractivity contribution is -0.123. The number of methoxy groups -OCH3 is 4. The molecule has 184 valence electrons. The maximum Gasteiger partial charge on any atom is 0.263 e. The highest BCUT2D eigenvalue weighted by Crippen LogP contribution is 2.38. The van der Waals surface area contributed by atoms with E-state index in [2.05, 4.69) is 15.7 Å². The number of imide groups is 1. The van der Waals surface area contributed by atoms with Gasteiger partial charge in [-0.2, -0.15) is 5.11 Å². The fraction of sp³-hybridized carbons (Fsp3) is 0.318. The molecule has 2 aromatic rings. The molecule has 2 aliphatic heterocycles. The molecule has 0 spiro atoms. The minimum Gasteiger partial charge on any atom is -0.495 e. The van der Waals surface area contributed by atoms with Gasteiger partial charge < -0.3 is 24.3 Å². The largest absolute Gasteiger partial charge is 0.495 e. The van der Waals surface area contributed by atoms with Gasteiger partial charge in [0.15, 0.2) is 23.6 Å². The first kappa shape index (κ1) is 24.1. The molecule has 1 saturated heterocycles. The Morgan fingerprint density at radius 1 is 0.943 bits per heavy atom. The third-order valence-electron chi connectivity index (χ3n) is 5.54. The van der Waals surface area contributed by atoms with E-state index in [-0.39, 0.29) is 11.6 Å². The first-order valence-corrected chi connectivity index (χ1v) is 10.7. The fourth-order valence-electron chi connectivity index (χ4n) is 3.87. The molecule has 4 rings (SSSR count). The van der Waals surface area contributed by atoms with Crippen molar-refractivity contribution in [2.75, 3.05) is 45.2 Å². The Hall–Kier alpha value is -4.06. The van der Waals surface area contributed by atoms with Crippen molar-refractivity contribution in [1.82, 2.24) is 5.01 Å². The second kappa shape index (κ2) is 9.66. The van der Waals surface area contributed by atoms with Gasteiger partial charge in [-0.3, -0.25) is 19.4 Å². The minimum absolute atomic E-state index is 0.270. The number of benzene rings is 2. The van der Waals surface area contributed by atoms with E-state index < -0.39 is 29.8 Å². The molecule has 2 aliphatic rings. The molecule has 13 heteroatoms. The van der Waals surface area contributed by atoms with Crippen molar-refractivity contribution in [2.24, 2.45) is 10.3 Å². The molecule has 0 bridgehead atoms. The Balaban J connectivity index is 1.51. The number of amides is 3. The molecule has 0 aromatic heterocycles. The van der Waals surface area contributed by atoms with Crippen molar-refractivity contribution in [3.63, 3.8) is 0 Å². The topological polar surface area (TPSA) is 131 Å². The van der Waals surface area contributed by atoms with Crippen LogP contribution >= 0.6 is 11.6 Å². The van der Waals surface area contributed by atoms with E-state index >= 15 is 0 Å². The summed E-state index contributed by atoms with van der Waals surface area (Å²) in [6.45, 7) is -0.337. The summed E-state index contributed by atoms with van der Waals surface area (Å²) in [4.78, 5) is 39.9. The third-order valence-corrected chi connectivity index (χ3v) is 5.83. The Bertz CT molecular complexity index is 1220. The zero-order valence-corrected chi connectivity index (χ0v) is 20.0. The maximum atomic E-state index is 13.2. The Morgan fingerprint density at radius 2 is 1.63 bits per heavy atom. The second-order valence-electron chi connectivity index (χ2n) is 7.48. The van der Waals surface area contributed by atoms with Gasteiger partial charge in [-0.05, 0) is 18.2 Å². The molecule has 3 amide bonds. The van der Waals surface area contributed by atoms with Crippen molar-refractivity contribution < 1.29 is 33.3 Å². The van der Waals surface area contributed by atoms with Crippen LogP contribution in [-0.2, 0) is 14.4 Å². The molecule has 35 heavy (non-hydrogen) atoms. The van der Waals surface area contributed by atoms with E-state index in [9.17, 15) is 14.4 Å². The average Bonchev–Trinajstić information content (AvgIpc) is 3.37. The number of nitrogens with zero attached hydrogens (tertiary/aromatic N) is 4. The normalized spacial score (nSPS) is 18.5.